The molecule has 2 amide bonds. The van der Waals surface area contributed by atoms with Gasteiger partial charge in [0.15, 0.2) is 5.69 Å². The molecule has 8 nitrogen and oxygen atoms in total. The van der Waals surface area contributed by atoms with E-state index >= 15 is 0 Å². The van der Waals surface area contributed by atoms with Gasteiger partial charge < -0.3 is 19.4 Å². The number of aromatic nitrogens is 2. The molecule has 3 heterocycles. The SMILES string of the molecule is COc1cccc(C(=O)N2CCc3[nH]nc(C(=O)N4CCN(c5ccccc5C)CC4)c3C2)c1. The van der Waals surface area contributed by atoms with Gasteiger partial charge in [0.25, 0.3) is 11.8 Å². The number of nitrogens with one attached hydrogen (secondary N) is 1. The molecule has 0 bridgehead atoms. The average Bonchev–Trinajstić information content (AvgIpc) is 3.31. The van der Waals surface area contributed by atoms with Crippen molar-refractivity contribution in [1.82, 2.24) is 20.0 Å². The van der Waals surface area contributed by atoms with Gasteiger partial charge in [-0.3, -0.25) is 14.7 Å². The number of anilines is 1. The van der Waals surface area contributed by atoms with Crippen molar-refractivity contribution in [2.45, 2.75) is 19.9 Å². The number of carbonyl (C=O) groups excluding carboxylic acids is 2. The molecule has 176 valence electrons. The fraction of sp³-hybridized carbons (Fsp3) is 0.346. The second-order valence-electron chi connectivity index (χ2n) is 8.80. The van der Waals surface area contributed by atoms with Crippen LogP contribution in [0, 0.1) is 6.92 Å². The largest absolute Gasteiger partial charge is 0.497 e. The summed E-state index contributed by atoms with van der Waals surface area (Å²) in [5.74, 6) is 0.501. The maximum atomic E-state index is 13.4. The second-order valence-corrected chi connectivity index (χ2v) is 8.80. The highest BCUT2D eigenvalue weighted by atomic mass is 16.5. The number of hydrogen-bond acceptors (Lipinski definition) is 5. The highest BCUT2D eigenvalue weighted by Crippen LogP contribution is 2.25. The van der Waals surface area contributed by atoms with Gasteiger partial charge in [-0.1, -0.05) is 24.3 Å². The number of benzene rings is 2. The molecule has 0 aliphatic carbocycles. The van der Waals surface area contributed by atoms with Gasteiger partial charge in [0.2, 0.25) is 0 Å². The van der Waals surface area contributed by atoms with Crippen molar-refractivity contribution in [3.63, 3.8) is 0 Å². The van der Waals surface area contributed by atoms with E-state index in [1.54, 1.807) is 24.1 Å². The smallest absolute Gasteiger partial charge is 0.274 e. The van der Waals surface area contributed by atoms with Crippen LogP contribution in [0.25, 0.3) is 0 Å². The van der Waals surface area contributed by atoms with Crippen molar-refractivity contribution in [2.75, 3.05) is 44.7 Å². The number of para-hydroxylation sites is 1. The van der Waals surface area contributed by atoms with Crippen LogP contribution in [0.5, 0.6) is 5.75 Å². The lowest BCUT2D eigenvalue weighted by Crippen LogP contribution is -2.49. The molecule has 0 spiro atoms. The van der Waals surface area contributed by atoms with Gasteiger partial charge in [-0.2, -0.15) is 5.10 Å². The lowest BCUT2D eigenvalue weighted by molar-refractivity contribution is 0.0709. The van der Waals surface area contributed by atoms with E-state index in [1.165, 1.54) is 11.3 Å². The number of piperazine rings is 1. The molecular weight excluding hydrogens is 430 g/mol. The highest BCUT2D eigenvalue weighted by Gasteiger charge is 2.31. The molecule has 3 aromatic rings. The van der Waals surface area contributed by atoms with Crippen LogP contribution in [0.2, 0.25) is 0 Å². The summed E-state index contributed by atoms with van der Waals surface area (Å²) in [6.45, 7) is 5.90. The normalized spacial score (nSPS) is 15.8. The molecule has 2 aliphatic heterocycles. The zero-order valence-corrected chi connectivity index (χ0v) is 19.6. The fourth-order valence-corrected chi connectivity index (χ4v) is 4.80. The second kappa shape index (κ2) is 9.21. The van der Waals surface area contributed by atoms with Crippen LogP contribution in [-0.2, 0) is 13.0 Å². The number of H-pyrrole nitrogens is 1. The Kier molecular flexibility index (Phi) is 5.96. The molecule has 1 fully saturated rings. The van der Waals surface area contributed by atoms with Gasteiger partial charge in [0.1, 0.15) is 5.75 Å². The molecule has 5 rings (SSSR count). The molecule has 1 aromatic heterocycles. The number of ether oxygens (including phenoxy) is 1. The predicted molar refractivity (Wildman–Crippen MR) is 129 cm³/mol. The first-order valence-corrected chi connectivity index (χ1v) is 11.6. The van der Waals surface area contributed by atoms with E-state index in [4.69, 9.17) is 4.74 Å². The Hall–Kier alpha value is -3.81. The standard InChI is InChI=1S/C26H29N5O3/c1-18-6-3-4-9-23(18)29-12-14-30(15-13-29)26(33)24-21-17-31(11-10-22(21)27-28-24)25(32)19-7-5-8-20(16-19)34-2/h3-9,16H,10-15,17H2,1-2H3,(H,27,28). The number of carbonyl (C=O) groups is 2. The third-order valence-corrected chi connectivity index (χ3v) is 6.76. The van der Waals surface area contributed by atoms with E-state index in [2.05, 4.69) is 40.2 Å². The van der Waals surface area contributed by atoms with Crippen molar-refractivity contribution in [3.05, 3.63) is 76.6 Å². The minimum Gasteiger partial charge on any atom is -0.497 e. The van der Waals surface area contributed by atoms with Crippen molar-refractivity contribution >= 4 is 17.5 Å². The number of nitrogens with zero attached hydrogens (tertiary/aromatic N) is 4. The van der Waals surface area contributed by atoms with Gasteiger partial charge in [-0.15, -0.1) is 0 Å². The summed E-state index contributed by atoms with van der Waals surface area (Å²) in [4.78, 5) is 32.5. The fourth-order valence-electron chi connectivity index (χ4n) is 4.80. The molecule has 1 saturated heterocycles. The van der Waals surface area contributed by atoms with Crippen molar-refractivity contribution in [1.29, 1.82) is 0 Å². The van der Waals surface area contributed by atoms with Gasteiger partial charge in [-0.25, -0.2) is 0 Å². The van der Waals surface area contributed by atoms with E-state index in [1.807, 2.05) is 23.1 Å². The first-order valence-electron chi connectivity index (χ1n) is 11.6. The summed E-state index contributed by atoms with van der Waals surface area (Å²) in [6.07, 6.45) is 0.645. The summed E-state index contributed by atoms with van der Waals surface area (Å²) in [7, 11) is 1.58. The Balaban J connectivity index is 1.28. The lowest BCUT2D eigenvalue weighted by Gasteiger charge is -2.36. The molecule has 2 aromatic carbocycles. The van der Waals surface area contributed by atoms with E-state index in [9.17, 15) is 9.59 Å². The summed E-state index contributed by atoms with van der Waals surface area (Å²) >= 11 is 0. The Morgan fingerprint density at radius 2 is 1.74 bits per heavy atom. The lowest BCUT2D eigenvalue weighted by atomic mass is 10.0. The maximum Gasteiger partial charge on any atom is 0.274 e. The quantitative estimate of drug-likeness (QED) is 0.649. The number of rotatable bonds is 4. The number of fused-ring (bicyclic) bond motifs is 1. The number of methoxy groups -OCH3 is 1. The van der Waals surface area contributed by atoms with Crippen molar-refractivity contribution < 1.29 is 14.3 Å². The number of aryl methyl sites for hydroxylation is 1. The minimum absolute atomic E-state index is 0.0717. The molecule has 0 saturated carbocycles. The highest BCUT2D eigenvalue weighted by molar-refractivity contribution is 5.96. The van der Waals surface area contributed by atoms with Crippen LogP contribution in [0.3, 0.4) is 0 Å². The molecule has 0 unspecified atom stereocenters. The van der Waals surface area contributed by atoms with Crippen LogP contribution in [-0.4, -0.2) is 71.6 Å². The first-order chi connectivity index (χ1) is 16.5. The Labute approximate surface area is 199 Å². The Morgan fingerprint density at radius 1 is 0.941 bits per heavy atom. The predicted octanol–water partition coefficient (Wildman–Crippen LogP) is 2.89. The molecule has 2 aliphatic rings. The van der Waals surface area contributed by atoms with Gasteiger partial charge in [-0.05, 0) is 36.8 Å². The van der Waals surface area contributed by atoms with E-state index in [-0.39, 0.29) is 11.8 Å². The van der Waals surface area contributed by atoms with E-state index < -0.39 is 0 Å². The summed E-state index contributed by atoms with van der Waals surface area (Å²) in [6, 6.07) is 15.5. The molecule has 34 heavy (non-hydrogen) atoms. The number of amides is 2. The van der Waals surface area contributed by atoms with Crippen molar-refractivity contribution in [3.8, 4) is 5.75 Å². The first kappa shape index (κ1) is 22.0. The molecule has 8 heteroatoms. The van der Waals surface area contributed by atoms with Crippen LogP contribution in [0.4, 0.5) is 5.69 Å². The van der Waals surface area contributed by atoms with Crippen LogP contribution < -0.4 is 9.64 Å². The van der Waals surface area contributed by atoms with Gasteiger partial charge >= 0.3 is 0 Å². The molecular formula is C26H29N5O3. The van der Waals surface area contributed by atoms with Crippen LogP contribution in [0.15, 0.2) is 48.5 Å². The topological polar surface area (TPSA) is 81.8 Å². The summed E-state index contributed by atoms with van der Waals surface area (Å²) < 4.78 is 5.26. The van der Waals surface area contributed by atoms with Gasteiger partial charge in [0.05, 0.1) is 13.7 Å². The number of hydrogen-bond donors (Lipinski definition) is 1. The zero-order valence-electron chi connectivity index (χ0n) is 19.6. The molecule has 0 radical (unpaired) electrons. The van der Waals surface area contributed by atoms with E-state index in [0.29, 0.717) is 49.6 Å². The zero-order chi connectivity index (χ0) is 23.7. The maximum absolute atomic E-state index is 13.4. The van der Waals surface area contributed by atoms with Crippen LogP contribution in [0.1, 0.15) is 37.7 Å². The molecule has 0 atom stereocenters. The Morgan fingerprint density at radius 3 is 2.50 bits per heavy atom. The minimum atomic E-state index is -0.0732. The average molecular weight is 460 g/mol. The summed E-state index contributed by atoms with van der Waals surface area (Å²) in [5.41, 5.74) is 5.24. The molecule has 1 N–H and O–H groups in total. The van der Waals surface area contributed by atoms with Crippen molar-refractivity contribution in [2.24, 2.45) is 0 Å². The monoisotopic (exact) mass is 459 g/mol. The van der Waals surface area contributed by atoms with Crippen LogP contribution >= 0.6 is 0 Å². The Bertz CT molecular complexity index is 1210. The number of aromatic amines is 1. The van der Waals surface area contributed by atoms with Gasteiger partial charge in [0, 0.05) is 61.7 Å². The third-order valence-electron chi connectivity index (χ3n) is 6.76. The summed E-state index contributed by atoms with van der Waals surface area (Å²) in [5, 5.41) is 7.41. The van der Waals surface area contributed by atoms with E-state index in [0.717, 1.165) is 24.3 Å². The third kappa shape index (κ3) is 4.11.